The number of ether oxygens (including phenoxy) is 1. The van der Waals surface area contributed by atoms with Gasteiger partial charge in [0, 0.05) is 39.9 Å². The van der Waals surface area contributed by atoms with Crippen LogP contribution in [0.5, 0.6) is 0 Å². The lowest BCUT2D eigenvalue weighted by Gasteiger charge is -2.11. The smallest absolute Gasteiger partial charge is 0.211 e. The molecule has 0 aliphatic heterocycles. The molecule has 0 aromatic rings. The van der Waals surface area contributed by atoms with Crippen LogP contribution >= 0.6 is 24.0 Å². The van der Waals surface area contributed by atoms with Crippen molar-refractivity contribution in [1.82, 2.24) is 15.4 Å². The van der Waals surface area contributed by atoms with Crippen LogP contribution in [0.3, 0.4) is 0 Å². The third-order valence-electron chi connectivity index (χ3n) is 2.24. The minimum atomic E-state index is -3.12. The van der Waals surface area contributed by atoms with Gasteiger partial charge in [-0.1, -0.05) is 0 Å². The minimum Gasteiger partial charge on any atom is -0.385 e. The number of nitrogens with zero attached hydrogens (tertiary/aromatic N) is 1. The van der Waals surface area contributed by atoms with Crippen molar-refractivity contribution in [2.75, 3.05) is 45.6 Å². The Labute approximate surface area is 139 Å². The molecular formula is C11H27IN4O3S. The molecule has 0 rings (SSSR count). The highest BCUT2D eigenvalue weighted by Crippen LogP contribution is 1.83. The fraction of sp³-hybridized carbons (Fsp3) is 0.909. The van der Waals surface area contributed by atoms with Crippen molar-refractivity contribution >= 4 is 40.0 Å². The van der Waals surface area contributed by atoms with Gasteiger partial charge in [0.2, 0.25) is 10.0 Å². The van der Waals surface area contributed by atoms with E-state index in [1.54, 1.807) is 14.0 Å². The maximum atomic E-state index is 11.2. The van der Waals surface area contributed by atoms with Gasteiger partial charge in [-0.2, -0.15) is 0 Å². The molecule has 0 spiro atoms. The Morgan fingerprint density at radius 2 is 1.90 bits per heavy atom. The topological polar surface area (TPSA) is 91.8 Å². The van der Waals surface area contributed by atoms with Gasteiger partial charge in [-0.15, -0.1) is 24.0 Å². The van der Waals surface area contributed by atoms with Gasteiger partial charge >= 0.3 is 0 Å². The lowest BCUT2D eigenvalue weighted by molar-refractivity contribution is 0.197. The molecule has 0 saturated heterocycles. The molecule has 0 amide bonds. The van der Waals surface area contributed by atoms with Crippen molar-refractivity contribution in [1.29, 1.82) is 0 Å². The summed E-state index contributed by atoms with van der Waals surface area (Å²) in [6, 6.07) is 0. The van der Waals surface area contributed by atoms with Gasteiger partial charge in [0.25, 0.3) is 0 Å². The lowest BCUT2D eigenvalue weighted by atomic mass is 10.5. The normalized spacial score (nSPS) is 11.8. The summed E-state index contributed by atoms with van der Waals surface area (Å²) in [6.45, 7) is 6.54. The number of guanidine groups is 1. The molecule has 0 saturated carbocycles. The van der Waals surface area contributed by atoms with Crippen LogP contribution in [0.25, 0.3) is 0 Å². The summed E-state index contributed by atoms with van der Waals surface area (Å²) >= 11 is 0. The van der Waals surface area contributed by atoms with E-state index in [-0.39, 0.29) is 29.7 Å². The van der Waals surface area contributed by atoms with Crippen LogP contribution in [0.4, 0.5) is 0 Å². The van der Waals surface area contributed by atoms with Crippen molar-refractivity contribution in [3.05, 3.63) is 0 Å². The number of aliphatic imine (C=N–C) groups is 1. The van der Waals surface area contributed by atoms with Crippen LogP contribution < -0.4 is 15.4 Å². The standard InChI is InChI=1S/C11H26N4O3S.HI/c1-4-12-11(13-7-6-10-18-3)14-8-9-15-19(16,17)5-2;/h15H,4-10H2,1-3H3,(H2,12,13,14);1H. The Bertz CT molecular complexity index is 350. The highest BCUT2D eigenvalue weighted by atomic mass is 127. The zero-order chi connectivity index (χ0) is 14.6. The molecule has 9 heteroatoms. The summed E-state index contributed by atoms with van der Waals surface area (Å²) in [4.78, 5) is 4.34. The number of rotatable bonds is 10. The van der Waals surface area contributed by atoms with E-state index >= 15 is 0 Å². The molecule has 0 fully saturated rings. The van der Waals surface area contributed by atoms with Gasteiger partial charge in [0.1, 0.15) is 0 Å². The predicted octanol–water partition coefficient (Wildman–Crippen LogP) is 0.135. The molecule has 0 bridgehead atoms. The highest BCUT2D eigenvalue weighted by molar-refractivity contribution is 14.0. The largest absolute Gasteiger partial charge is 0.385 e. The Hall–Kier alpha value is -0.130. The molecule has 0 aliphatic carbocycles. The third-order valence-corrected chi connectivity index (χ3v) is 3.64. The summed E-state index contributed by atoms with van der Waals surface area (Å²) in [7, 11) is -1.46. The Balaban J connectivity index is 0. The van der Waals surface area contributed by atoms with Crippen molar-refractivity contribution < 1.29 is 13.2 Å². The lowest BCUT2D eigenvalue weighted by Crippen LogP contribution is -2.41. The Morgan fingerprint density at radius 3 is 2.45 bits per heavy atom. The monoisotopic (exact) mass is 422 g/mol. The van der Waals surface area contributed by atoms with Gasteiger partial charge < -0.3 is 15.4 Å². The predicted molar refractivity (Wildman–Crippen MR) is 93.4 cm³/mol. The van der Waals surface area contributed by atoms with Gasteiger partial charge in [-0.3, -0.25) is 4.99 Å². The highest BCUT2D eigenvalue weighted by Gasteiger charge is 2.04. The van der Waals surface area contributed by atoms with E-state index in [9.17, 15) is 8.42 Å². The first kappa shape index (κ1) is 22.2. The SMILES string of the molecule is CCNC(=NCCCOC)NCCNS(=O)(=O)CC.I. The van der Waals surface area contributed by atoms with Crippen LogP contribution in [-0.4, -0.2) is 60.0 Å². The molecule has 0 radical (unpaired) electrons. The molecule has 0 aromatic heterocycles. The first-order chi connectivity index (χ1) is 9.05. The summed E-state index contributed by atoms with van der Waals surface area (Å²) in [5.41, 5.74) is 0. The second kappa shape index (κ2) is 13.8. The number of hydrogen-bond acceptors (Lipinski definition) is 4. The number of hydrogen-bond donors (Lipinski definition) is 3. The molecule has 0 atom stereocenters. The van der Waals surface area contributed by atoms with E-state index in [4.69, 9.17) is 4.74 Å². The Morgan fingerprint density at radius 1 is 1.20 bits per heavy atom. The molecule has 0 aliphatic rings. The average Bonchev–Trinajstić information content (AvgIpc) is 2.39. The molecule has 0 aromatic carbocycles. The van der Waals surface area contributed by atoms with E-state index < -0.39 is 10.0 Å². The van der Waals surface area contributed by atoms with Crippen LogP contribution in [0.15, 0.2) is 4.99 Å². The fourth-order valence-electron chi connectivity index (χ4n) is 1.23. The number of halogens is 1. The maximum Gasteiger partial charge on any atom is 0.211 e. The molecule has 0 unspecified atom stereocenters. The van der Waals surface area contributed by atoms with Crippen molar-refractivity contribution in [2.45, 2.75) is 20.3 Å². The Kier molecular flexibility index (Phi) is 15.3. The maximum absolute atomic E-state index is 11.2. The summed E-state index contributed by atoms with van der Waals surface area (Å²) in [5.74, 6) is 0.785. The van der Waals surface area contributed by atoms with Gasteiger partial charge in [-0.25, -0.2) is 13.1 Å². The van der Waals surface area contributed by atoms with Gasteiger partial charge in [0.15, 0.2) is 5.96 Å². The van der Waals surface area contributed by atoms with E-state index in [0.717, 1.165) is 13.0 Å². The van der Waals surface area contributed by atoms with E-state index in [1.165, 1.54) is 0 Å². The van der Waals surface area contributed by atoms with Crippen LogP contribution in [0.2, 0.25) is 0 Å². The van der Waals surface area contributed by atoms with Crippen molar-refractivity contribution in [3.8, 4) is 0 Å². The molecular weight excluding hydrogens is 395 g/mol. The number of methoxy groups -OCH3 is 1. The number of nitrogens with one attached hydrogen (secondary N) is 3. The first-order valence-electron chi connectivity index (χ1n) is 6.54. The zero-order valence-corrected chi connectivity index (χ0v) is 15.6. The van der Waals surface area contributed by atoms with E-state index in [0.29, 0.717) is 32.2 Å². The second-order valence-electron chi connectivity index (χ2n) is 3.83. The fourth-order valence-corrected chi connectivity index (χ4v) is 1.85. The molecule has 7 nitrogen and oxygen atoms in total. The van der Waals surface area contributed by atoms with Crippen LogP contribution in [0.1, 0.15) is 20.3 Å². The number of sulfonamides is 1. The van der Waals surface area contributed by atoms with Crippen LogP contribution in [0, 0.1) is 0 Å². The van der Waals surface area contributed by atoms with Gasteiger partial charge in [-0.05, 0) is 20.3 Å². The summed E-state index contributed by atoms with van der Waals surface area (Å²) < 4.78 is 29.9. The molecule has 20 heavy (non-hydrogen) atoms. The van der Waals surface area contributed by atoms with Crippen molar-refractivity contribution in [3.63, 3.8) is 0 Å². The van der Waals surface area contributed by atoms with E-state index in [2.05, 4.69) is 20.3 Å². The molecule has 122 valence electrons. The average molecular weight is 422 g/mol. The zero-order valence-electron chi connectivity index (χ0n) is 12.4. The summed E-state index contributed by atoms with van der Waals surface area (Å²) in [6.07, 6.45) is 0.857. The molecule has 3 N–H and O–H groups in total. The van der Waals surface area contributed by atoms with Crippen molar-refractivity contribution in [2.24, 2.45) is 4.99 Å². The second-order valence-corrected chi connectivity index (χ2v) is 5.93. The quantitative estimate of drug-likeness (QED) is 0.202. The van der Waals surface area contributed by atoms with E-state index in [1.807, 2.05) is 6.92 Å². The minimum absolute atomic E-state index is 0. The molecule has 0 heterocycles. The van der Waals surface area contributed by atoms with Crippen LogP contribution in [-0.2, 0) is 14.8 Å². The first-order valence-corrected chi connectivity index (χ1v) is 8.19. The van der Waals surface area contributed by atoms with Gasteiger partial charge in [0.05, 0.1) is 5.75 Å². The summed E-state index contributed by atoms with van der Waals surface area (Å²) in [5, 5.41) is 6.16. The third kappa shape index (κ3) is 12.9.